The summed E-state index contributed by atoms with van der Waals surface area (Å²) in [4.78, 5) is 15.7. The van der Waals surface area contributed by atoms with Crippen LogP contribution in [0, 0.1) is 0 Å². The molecule has 0 saturated carbocycles. The van der Waals surface area contributed by atoms with Crippen LogP contribution in [0.15, 0.2) is 24.3 Å². The Labute approximate surface area is 139 Å². The maximum Gasteiger partial charge on any atom is 0.416 e. The molecule has 4 nitrogen and oxygen atoms in total. The van der Waals surface area contributed by atoms with Crippen molar-refractivity contribution in [2.45, 2.75) is 44.6 Å². The van der Waals surface area contributed by atoms with Gasteiger partial charge in [0.05, 0.1) is 24.3 Å². The number of β-amino-alcohol motifs (C(OH)–C–C–N with tert-alkyl or cyclic N) is 1. The number of alkyl halides is 3. The Bertz CT molecular complexity index is 589. The van der Waals surface area contributed by atoms with E-state index in [0.717, 1.165) is 6.07 Å². The molecule has 1 saturated heterocycles. The quantitative estimate of drug-likeness (QED) is 0.913. The third-order valence-electron chi connectivity index (χ3n) is 4.49. The summed E-state index contributed by atoms with van der Waals surface area (Å²) in [5.74, 6) is -0.273. The lowest BCUT2D eigenvalue weighted by Crippen LogP contribution is -2.41. The molecule has 1 aliphatic rings. The zero-order chi connectivity index (χ0) is 18.1. The van der Waals surface area contributed by atoms with Gasteiger partial charge in [0, 0.05) is 12.6 Å². The average Bonchev–Trinajstić information content (AvgIpc) is 2.88. The number of aliphatic hydroxyl groups is 1. The Morgan fingerprint density at radius 1 is 1.38 bits per heavy atom. The third-order valence-corrected chi connectivity index (χ3v) is 4.49. The topological polar surface area (TPSA) is 43.8 Å². The molecular weight excluding hydrogens is 321 g/mol. The molecule has 2 atom stereocenters. The van der Waals surface area contributed by atoms with E-state index in [1.807, 2.05) is 18.7 Å². The average molecular weight is 344 g/mol. The van der Waals surface area contributed by atoms with E-state index in [9.17, 15) is 23.1 Å². The van der Waals surface area contributed by atoms with Crippen molar-refractivity contribution >= 4 is 5.91 Å². The first-order chi connectivity index (χ1) is 11.1. The fraction of sp³-hybridized carbons (Fsp3) is 0.588. The maximum absolute atomic E-state index is 13.3. The number of likely N-dealkylation sites (tertiary alicyclic amines) is 1. The van der Waals surface area contributed by atoms with Crippen LogP contribution in [0.4, 0.5) is 13.2 Å². The molecule has 0 spiro atoms. The van der Waals surface area contributed by atoms with Crippen molar-refractivity contribution in [2.75, 3.05) is 20.1 Å². The molecule has 0 bridgehead atoms. The Kier molecular flexibility index (Phi) is 5.55. The Morgan fingerprint density at radius 2 is 2.00 bits per heavy atom. The zero-order valence-corrected chi connectivity index (χ0v) is 14.0. The Hall–Kier alpha value is -1.60. The molecule has 1 N–H and O–H groups in total. The van der Waals surface area contributed by atoms with Crippen molar-refractivity contribution < 1.29 is 23.1 Å². The number of aliphatic hydroxyl groups excluding tert-OH is 1. The van der Waals surface area contributed by atoms with Gasteiger partial charge in [-0.25, -0.2) is 0 Å². The summed E-state index contributed by atoms with van der Waals surface area (Å²) in [5, 5.41) is 9.93. The van der Waals surface area contributed by atoms with Gasteiger partial charge in [0.2, 0.25) is 5.91 Å². The second kappa shape index (κ2) is 7.11. The number of hydrogen-bond acceptors (Lipinski definition) is 3. The van der Waals surface area contributed by atoms with Gasteiger partial charge in [-0.15, -0.1) is 0 Å². The van der Waals surface area contributed by atoms with Gasteiger partial charge in [-0.3, -0.25) is 9.69 Å². The van der Waals surface area contributed by atoms with E-state index in [-0.39, 0.29) is 37.0 Å². The minimum absolute atomic E-state index is 0.0436. The van der Waals surface area contributed by atoms with Crippen LogP contribution in [0.3, 0.4) is 0 Å². The Balaban J connectivity index is 2.30. The number of likely N-dealkylation sites (N-methyl/N-ethyl adjacent to an activating group) is 1. The van der Waals surface area contributed by atoms with E-state index in [4.69, 9.17) is 0 Å². The first kappa shape index (κ1) is 18.7. The normalized spacial score (nSPS) is 21.8. The number of halogens is 3. The number of nitrogens with zero attached hydrogens (tertiary/aromatic N) is 2. The largest absolute Gasteiger partial charge is 0.416 e. The van der Waals surface area contributed by atoms with Crippen LogP contribution in [-0.4, -0.2) is 53.1 Å². The summed E-state index contributed by atoms with van der Waals surface area (Å²) < 4.78 is 39.8. The monoisotopic (exact) mass is 344 g/mol. The predicted molar refractivity (Wildman–Crippen MR) is 84.3 cm³/mol. The van der Waals surface area contributed by atoms with Gasteiger partial charge in [0.25, 0.3) is 0 Å². The molecule has 2 unspecified atom stereocenters. The summed E-state index contributed by atoms with van der Waals surface area (Å²) in [7, 11) is 1.79. The van der Waals surface area contributed by atoms with Crippen molar-refractivity contribution in [3.63, 3.8) is 0 Å². The van der Waals surface area contributed by atoms with Crippen LogP contribution in [0.5, 0.6) is 0 Å². The molecule has 1 aromatic rings. The van der Waals surface area contributed by atoms with Gasteiger partial charge in [0.1, 0.15) is 0 Å². The van der Waals surface area contributed by atoms with Crippen molar-refractivity contribution in [3.05, 3.63) is 35.4 Å². The molecule has 1 amide bonds. The second-order valence-corrected chi connectivity index (χ2v) is 6.55. The summed E-state index contributed by atoms with van der Waals surface area (Å²) in [6.45, 7) is 4.03. The fourth-order valence-electron chi connectivity index (χ4n) is 2.92. The standard InChI is InChI=1S/C17H23F3N2O2/c1-11(2)21(3)10-16(24)22-9-12(23)8-15(22)13-6-4-5-7-14(13)17(18,19)20/h4-7,11-12,15,23H,8-10H2,1-3H3. The molecule has 1 aromatic carbocycles. The lowest BCUT2D eigenvalue weighted by atomic mass is 9.97. The Morgan fingerprint density at radius 3 is 2.58 bits per heavy atom. The maximum atomic E-state index is 13.3. The third kappa shape index (κ3) is 4.08. The van der Waals surface area contributed by atoms with Gasteiger partial charge in [-0.05, 0) is 38.9 Å². The number of amides is 1. The summed E-state index contributed by atoms with van der Waals surface area (Å²) >= 11 is 0. The lowest BCUT2D eigenvalue weighted by Gasteiger charge is -2.29. The van der Waals surface area contributed by atoms with Crippen LogP contribution >= 0.6 is 0 Å². The van der Waals surface area contributed by atoms with E-state index >= 15 is 0 Å². The second-order valence-electron chi connectivity index (χ2n) is 6.55. The molecular formula is C17H23F3N2O2. The van der Waals surface area contributed by atoms with Gasteiger partial charge in [-0.1, -0.05) is 18.2 Å². The first-order valence-electron chi connectivity index (χ1n) is 7.95. The summed E-state index contributed by atoms with van der Waals surface area (Å²) in [5.41, 5.74) is -0.707. The number of hydrogen-bond donors (Lipinski definition) is 1. The van der Waals surface area contributed by atoms with Crippen molar-refractivity contribution in [3.8, 4) is 0 Å². The van der Waals surface area contributed by atoms with Crippen LogP contribution in [0.25, 0.3) is 0 Å². The highest BCUT2D eigenvalue weighted by Gasteiger charge is 2.41. The molecule has 2 rings (SSSR count). The van der Waals surface area contributed by atoms with Crippen LogP contribution < -0.4 is 0 Å². The van der Waals surface area contributed by atoms with Gasteiger partial charge >= 0.3 is 6.18 Å². The first-order valence-corrected chi connectivity index (χ1v) is 7.95. The molecule has 1 aliphatic heterocycles. The molecule has 7 heteroatoms. The number of carbonyl (C=O) groups is 1. The lowest BCUT2D eigenvalue weighted by molar-refractivity contribution is -0.140. The van der Waals surface area contributed by atoms with Crippen LogP contribution in [0.1, 0.15) is 37.4 Å². The highest BCUT2D eigenvalue weighted by Crippen LogP contribution is 2.40. The number of benzene rings is 1. The fourth-order valence-corrected chi connectivity index (χ4v) is 2.92. The molecule has 0 aliphatic carbocycles. The van der Waals surface area contributed by atoms with Crippen molar-refractivity contribution in [1.29, 1.82) is 0 Å². The van der Waals surface area contributed by atoms with E-state index in [1.165, 1.54) is 23.1 Å². The van der Waals surface area contributed by atoms with Crippen molar-refractivity contribution in [2.24, 2.45) is 0 Å². The summed E-state index contributed by atoms with van der Waals surface area (Å²) in [6.07, 6.45) is -5.19. The van der Waals surface area contributed by atoms with E-state index in [0.29, 0.717) is 0 Å². The van der Waals surface area contributed by atoms with Crippen molar-refractivity contribution in [1.82, 2.24) is 9.80 Å². The van der Waals surface area contributed by atoms with E-state index in [2.05, 4.69) is 0 Å². The minimum Gasteiger partial charge on any atom is -0.391 e. The minimum atomic E-state index is -4.49. The van der Waals surface area contributed by atoms with Crippen LogP contribution in [-0.2, 0) is 11.0 Å². The number of rotatable bonds is 4. The smallest absolute Gasteiger partial charge is 0.391 e. The van der Waals surface area contributed by atoms with Gasteiger partial charge in [0.15, 0.2) is 0 Å². The molecule has 1 heterocycles. The molecule has 1 fully saturated rings. The van der Waals surface area contributed by atoms with Crippen LogP contribution in [0.2, 0.25) is 0 Å². The van der Waals surface area contributed by atoms with E-state index in [1.54, 1.807) is 7.05 Å². The molecule has 24 heavy (non-hydrogen) atoms. The zero-order valence-electron chi connectivity index (χ0n) is 14.0. The molecule has 0 aromatic heterocycles. The van der Waals surface area contributed by atoms with Gasteiger partial charge in [-0.2, -0.15) is 13.2 Å². The van der Waals surface area contributed by atoms with E-state index < -0.39 is 23.9 Å². The number of carbonyl (C=O) groups excluding carboxylic acids is 1. The SMILES string of the molecule is CC(C)N(C)CC(=O)N1CC(O)CC1c1ccccc1C(F)(F)F. The predicted octanol–water partition coefficient (Wildman–Crippen LogP) is 2.68. The highest BCUT2D eigenvalue weighted by atomic mass is 19.4. The van der Waals surface area contributed by atoms with Gasteiger partial charge < -0.3 is 10.0 Å². The highest BCUT2D eigenvalue weighted by molar-refractivity contribution is 5.79. The molecule has 0 radical (unpaired) electrons. The summed E-state index contributed by atoms with van der Waals surface area (Å²) in [6, 6.07) is 4.64. The molecule has 134 valence electrons.